The lowest BCUT2D eigenvalue weighted by atomic mass is 10.2. The molecular weight excluding hydrogens is 284 g/mol. The van der Waals surface area contributed by atoms with E-state index in [0.29, 0.717) is 16.6 Å². The van der Waals surface area contributed by atoms with Crippen molar-refractivity contribution < 1.29 is 9.53 Å². The van der Waals surface area contributed by atoms with E-state index in [1.165, 1.54) is 0 Å². The summed E-state index contributed by atoms with van der Waals surface area (Å²) in [6.07, 6.45) is 0.551. The molecule has 0 aromatic heterocycles. The van der Waals surface area contributed by atoms with Crippen LogP contribution in [0.2, 0.25) is 5.02 Å². The number of ether oxygens (including phenoxy) is 1. The average molecular weight is 299 g/mol. The Morgan fingerprint density at radius 1 is 1.53 bits per heavy atom. The average Bonchev–Trinajstić information content (AvgIpc) is 2.64. The summed E-state index contributed by atoms with van der Waals surface area (Å²) in [6.45, 7) is 3.76. The summed E-state index contributed by atoms with van der Waals surface area (Å²) in [5.41, 5.74) is 1.74. The fraction of sp³-hybridized carbons (Fsp3) is 0.385. The van der Waals surface area contributed by atoms with Crippen molar-refractivity contribution in [2.75, 3.05) is 5.32 Å². The maximum Gasteiger partial charge on any atom is 0.329 e. The lowest BCUT2D eigenvalue weighted by Gasteiger charge is -2.15. The second kappa shape index (κ2) is 5.75. The number of cyclic esters (lactones) is 1. The first-order valence-electron chi connectivity index (χ1n) is 6.00. The van der Waals surface area contributed by atoms with E-state index >= 15 is 0 Å². The molecule has 0 saturated carbocycles. The van der Waals surface area contributed by atoms with Gasteiger partial charge in [0.2, 0.25) is 0 Å². The van der Waals surface area contributed by atoms with Crippen LogP contribution < -0.4 is 10.6 Å². The van der Waals surface area contributed by atoms with E-state index in [0.717, 1.165) is 11.3 Å². The molecule has 1 aromatic carbocycles. The van der Waals surface area contributed by atoms with Gasteiger partial charge in [0, 0.05) is 17.1 Å². The number of hydrogen-bond donors (Lipinski definition) is 2. The standard InChI is InChI=1S/C13H15ClN2O2S/c1-7-6-11(12(17)18-7)16-13(19)15-10-5-3-4-9(14)8(10)2/h3-5,7,11H,6H2,1-2H3,(H2,15,16,19)/t7-,11+/m1/s1. The maximum atomic E-state index is 11.5. The zero-order valence-electron chi connectivity index (χ0n) is 10.7. The molecule has 1 aromatic rings. The number of rotatable bonds is 2. The Kier molecular flexibility index (Phi) is 4.27. The molecule has 0 amide bonds. The summed E-state index contributed by atoms with van der Waals surface area (Å²) in [7, 11) is 0. The first kappa shape index (κ1) is 14.1. The normalized spacial score (nSPS) is 21.9. The van der Waals surface area contributed by atoms with E-state index in [9.17, 15) is 4.79 Å². The van der Waals surface area contributed by atoms with Crippen molar-refractivity contribution in [3.8, 4) is 0 Å². The minimum Gasteiger partial charge on any atom is -0.461 e. The van der Waals surface area contributed by atoms with Gasteiger partial charge in [0.05, 0.1) is 0 Å². The predicted molar refractivity (Wildman–Crippen MR) is 79.5 cm³/mol. The van der Waals surface area contributed by atoms with Crippen LogP contribution in [0.3, 0.4) is 0 Å². The molecule has 0 unspecified atom stereocenters. The van der Waals surface area contributed by atoms with Gasteiger partial charge in [-0.15, -0.1) is 0 Å². The summed E-state index contributed by atoms with van der Waals surface area (Å²) in [4.78, 5) is 11.5. The van der Waals surface area contributed by atoms with Crippen molar-refractivity contribution in [2.45, 2.75) is 32.4 Å². The Bertz CT molecular complexity index is 521. The molecule has 4 nitrogen and oxygen atoms in total. The van der Waals surface area contributed by atoms with Crippen LogP contribution in [0, 0.1) is 6.92 Å². The summed E-state index contributed by atoms with van der Waals surface area (Å²) < 4.78 is 5.06. The number of carbonyl (C=O) groups excluding carboxylic acids is 1. The minimum atomic E-state index is -0.380. The molecule has 6 heteroatoms. The van der Waals surface area contributed by atoms with Crippen molar-refractivity contribution in [3.63, 3.8) is 0 Å². The maximum absolute atomic E-state index is 11.5. The third-order valence-corrected chi connectivity index (χ3v) is 3.62. The highest BCUT2D eigenvalue weighted by atomic mass is 35.5. The molecule has 0 bridgehead atoms. The molecule has 19 heavy (non-hydrogen) atoms. The highest BCUT2D eigenvalue weighted by molar-refractivity contribution is 7.80. The van der Waals surface area contributed by atoms with Crippen LogP contribution in [0.25, 0.3) is 0 Å². The topological polar surface area (TPSA) is 50.4 Å². The number of carbonyl (C=O) groups is 1. The molecule has 2 N–H and O–H groups in total. The zero-order valence-corrected chi connectivity index (χ0v) is 12.3. The van der Waals surface area contributed by atoms with Crippen molar-refractivity contribution in [1.29, 1.82) is 0 Å². The SMILES string of the molecule is Cc1c(Cl)cccc1NC(=S)N[C@H]1C[C@@H](C)OC1=O. The van der Waals surface area contributed by atoms with Gasteiger partial charge in [0.25, 0.3) is 0 Å². The van der Waals surface area contributed by atoms with Gasteiger partial charge in [-0.25, -0.2) is 4.79 Å². The lowest BCUT2D eigenvalue weighted by Crippen LogP contribution is -2.40. The van der Waals surface area contributed by atoms with Crippen LogP contribution in [0.1, 0.15) is 18.9 Å². The van der Waals surface area contributed by atoms with Crippen molar-refractivity contribution in [1.82, 2.24) is 5.32 Å². The smallest absolute Gasteiger partial charge is 0.329 e. The van der Waals surface area contributed by atoms with Gasteiger partial charge in [-0.3, -0.25) is 0 Å². The van der Waals surface area contributed by atoms with E-state index in [1.807, 2.05) is 32.0 Å². The number of thiocarbonyl (C=S) groups is 1. The zero-order chi connectivity index (χ0) is 14.0. The number of benzene rings is 1. The van der Waals surface area contributed by atoms with Gasteiger partial charge < -0.3 is 15.4 Å². The molecule has 102 valence electrons. The molecular formula is C13H15ClN2O2S. The predicted octanol–water partition coefficient (Wildman–Crippen LogP) is 2.64. The number of anilines is 1. The van der Waals surface area contributed by atoms with Gasteiger partial charge >= 0.3 is 5.97 Å². The monoisotopic (exact) mass is 298 g/mol. The van der Waals surface area contributed by atoms with Crippen LogP contribution in [-0.4, -0.2) is 23.2 Å². The Morgan fingerprint density at radius 3 is 2.89 bits per heavy atom. The minimum absolute atomic E-state index is 0.0688. The fourth-order valence-corrected chi connectivity index (χ4v) is 2.36. The molecule has 1 aliphatic rings. The second-order valence-corrected chi connectivity index (χ2v) is 5.36. The van der Waals surface area contributed by atoms with Crippen LogP contribution in [-0.2, 0) is 9.53 Å². The van der Waals surface area contributed by atoms with E-state index in [1.54, 1.807) is 0 Å². The number of nitrogens with one attached hydrogen (secondary N) is 2. The van der Waals surface area contributed by atoms with E-state index in [4.69, 9.17) is 28.6 Å². The summed E-state index contributed by atoms with van der Waals surface area (Å²) in [5.74, 6) is -0.264. The van der Waals surface area contributed by atoms with Gasteiger partial charge in [-0.1, -0.05) is 17.7 Å². The Morgan fingerprint density at radius 2 is 2.26 bits per heavy atom. The molecule has 0 radical (unpaired) electrons. The summed E-state index contributed by atoms with van der Waals surface area (Å²) >= 11 is 11.2. The molecule has 1 saturated heterocycles. The lowest BCUT2D eigenvalue weighted by molar-refractivity contribution is -0.142. The first-order valence-corrected chi connectivity index (χ1v) is 6.79. The number of hydrogen-bond acceptors (Lipinski definition) is 3. The van der Waals surface area contributed by atoms with E-state index in [2.05, 4.69) is 10.6 Å². The first-order chi connectivity index (χ1) is 8.97. The molecule has 1 aliphatic heterocycles. The van der Waals surface area contributed by atoms with E-state index < -0.39 is 0 Å². The third kappa shape index (κ3) is 3.36. The Balaban J connectivity index is 1.98. The van der Waals surface area contributed by atoms with Gasteiger partial charge in [-0.05, 0) is 43.8 Å². The third-order valence-electron chi connectivity index (χ3n) is 2.99. The highest BCUT2D eigenvalue weighted by Gasteiger charge is 2.32. The van der Waals surface area contributed by atoms with Crippen molar-refractivity contribution in [2.24, 2.45) is 0 Å². The molecule has 1 heterocycles. The van der Waals surface area contributed by atoms with E-state index in [-0.39, 0.29) is 18.1 Å². The Labute approximate surface area is 122 Å². The van der Waals surface area contributed by atoms with Crippen LogP contribution in [0.5, 0.6) is 0 Å². The molecule has 0 aliphatic carbocycles. The highest BCUT2D eigenvalue weighted by Crippen LogP contribution is 2.23. The molecule has 1 fully saturated rings. The van der Waals surface area contributed by atoms with Crippen molar-refractivity contribution >= 4 is 40.6 Å². The van der Waals surface area contributed by atoms with Crippen LogP contribution in [0.4, 0.5) is 5.69 Å². The summed E-state index contributed by atoms with van der Waals surface area (Å²) in [6, 6.07) is 5.15. The van der Waals surface area contributed by atoms with Crippen LogP contribution >= 0.6 is 23.8 Å². The summed E-state index contributed by atoms with van der Waals surface area (Å²) in [5, 5.41) is 7.06. The Hall–Kier alpha value is -1.33. The molecule has 0 spiro atoms. The number of halogens is 1. The van der Waals surface area contributed by atoms with Gasteiger partial charge in [-0.2, -0.15) is 0 Å². The fourth-order valence-electron chi connectivity index (χ4n) is 1.93. The second-order valence-electron chi connectivity index (χ2n) is 4.55. The van der Waals surface area contributed by atoms with Gasteiger partial charge in [0.1, 0.15) is 12.1 Å². The molecule has 2 rings (SSSR count). The largest absolute Gasteiger partial charge is 0.461 e. The van der Waals surface area contributed by atoms with Crippen LogP contribution in [0.15, 0.2) is 18.2 Å². The quantitative estimate of drug-likeness (QED) is 0.649. The van der Waals surface area contributed by atoms with Gasteiger partial charge in [0.15, 0.2) is 5.11 Å². The number of esters is 1. The molecule has 2 atom stereocenters. The van der Waals surface area contributed by atoms with Crippen molar-refractivity contribution in [3.05, 3.63) is 28.8 Å².